The van der Waals surface area contributed by atoms with E-state index < -0.39 is 0 Å². The summed E-state index contributed by atoms with van der Waals surface area (Å²) >= 11 is 0. The van der Waals surface area contributed by atoms with E-state index in [0.717, 1.165) is 17.8 Å². The van der Waals surface area contributed by atoms with E-state index in [1.54, 1.807) is 0 Å². The molecule has 2 bridgehead atoms. The van der Waals surface area contributed by atoms with Gasteiger partial charge in [0.05, 0.1) is 0 Å². The van der Waals surface area contributed by atoms with Gasteiger partial charge in [0.2, 0.25) is 0 Å². The summed E-state index contributed by atoms with van der Waals surface area (Å²) in [5.74, 6) is 2.84. The minimum absolute atomic E-state index is 0.925. The van der Waals surface area contributed by atoms with Gasteiger partial charge in [0.15, 0.2) is 0 Å². The molecular formula is C14H24N2. The number of fused-ring (bicyclic) bond motifs is 2. The summed E-state index contributed by atoms with van der Waals surface area (Å²) in [6, 6.07) is 0. The van der Waals surface area contributed by atoms with Gasteiger partial charge in [-0.2, -0.15) is 0 Å². The highest BCUT2D eigenvalue weighted by Crippen LogP contribution is 2.43. The van der Waals surface area contributed by atoms with E-state index in [9.17, 15) is 0 Å². The average molecular weight is 220 g/mol. The molecule has 1 saturated carbocycles. The van der Waals surface area contributed by atoms with E-state index in [1.807, 2.05) is 0 Å². The molecule has 0 aromatic carbocycles. The van der Waals surface area contributed by atoms with Crippen LogP contribution in [0.3, 0.4) is 0 Å². The van der Waals surface area contributed by atoms with Crippen molar-refractivity contribution in [2.75, 3.05) is 39.3 Å². The molecule has 0 unspecified atom stereocenters. The first-order valence-corrected chi connectivity index (χ1v) is 6.98. The molecule has 2 nitrogen and oxygen atoms in total. The van der Waals surface area contributed by atoms with Crippen molar-refractivity contribution in [1.29, 1.82) is 0 Å². The van der Waals surface area contributed by atoms with Crippen molar-refractivity contribution in [2.24, 2.45) is 17.8 Å². The van der Waals surface area contributed by atoms with Crippen molar-refractivity contribution < 1.29 is 0 Å². The SMILES string of the molecule is CCN1CCN(C[C@@H]2C[C@H]3C=C[C@@H]2C3)CC1. The van der Waals surface area contributed by atoms with E-state index >= 15 is 0 Å². The molecule has 2 fully saturated rings. The topological polar surface area (TPSA) is 6.48 Å². The number of hydrogen-bond acceptors (Lipinski definition) is 2. The van der Waals surface area contributed by atoms with Gasteiger partial charge in [-0.1, -0.05) is 19.1 Å². The first-order valence-electron chi connectivity index (χ1n) is 6.98. The fraction of sp³-hybridized carbons (Fsp3) is 0.857. The smallest absolute Gasteiger partial charge is 0.0110 e. The molecule has 0 spiro atoms. The Kier molecular flexibility index (Phi) is 3.03. The summed E-state index contributed by atoms with van der Waals surface area (Å²) in [6.07, 6.45) is 7.87. The molecule has 16 heavy (non-hydrogen) atoms. The Morgan fingerprint density at radius 1 is 1.00 bits per heavy atom. The minimum atomic E-state index is 0.925. The van der Waals surface area contributed by atoms with E-state index in [-0.39, 0.29) is 0 Å². The van der Waals surface area contributed by atoms with Crippen LogP contribution < -0.4 is 0 Å². The zero-order valence-corrected chi connectivity index (χ0v) is 10.4. The largest absolute Gasteiger partial charge is 0.301 e. The highest BCUT2D eigenvalue weighted by Gasteiger charge is 2.36. The van der Waals surface area contributed by atoms with E-state index in [2.05, 4.69) is 28.9 Å². The quantitative estimate of drug-likeness (QED) is 0.670. The maximum absolute atomic E-state index is 2.70. The van der Waals surface area contributed by atoms with E-state index in [4.69, 9.17) is 0 Å². The summed E-state index contributed by atoms with van der Waals surface area (Å²) in [6.45, 7) is 10.0. The first-order chi connectivity index (χ1) is 7.85. The summed E-state index contributed by atoms with van der Waals surface area (Å²) in [5, 5.41) is 0. The van der Waals surface area contributed by atoms with Crippen LogP contribution in [-0.2, 0) is 0 Å². The number of allylic oxidation sites excluding steroid dienone is 2. The summed E-state index contributed by atoms with van der Waals surface area (Å²) in [4.78, 5) is 5.27. The van der Waals surface area contributed by atoms with Gasteiger partial charge in [0.1, 0.15) is 0 Å². The molecule has 2 aliphatic carbocycles. The van der Waals surface area contributed by atoms with Gasteiger partial charge in [-0.05, 0) is 37.1 Å². The molecule has 0 aromatic rings. The molecule has 90 valence electrons. The van der Waals surface area contributed by atoms with Crippen LogP contribution in [0.15, 0.2) is 12.2 Å². The summed E-state index contributed by atoms with van der Waals surface area (Å²) in [5.41, 5.74) is 0. The van der Waals surface area contributed by atoms with Crippen LogP contribution >= 0.6 is 0 Å². The Labute approximate surface area is 99.3 Å². The van der Waals surface area contributed by atoms with Gasteiger partial charge >= 0.3 is 0 Å². The van der Waals surface area contributed by atoms with E-state index in [1.165, 1.54) is 52.1 Å². The second-order valence-electron chi connectivity index (χ2n) is 5.78. The van der Waals surface area contributed by atoms with Gasteiger partial charge < -0.3 is 9.80 Å². The fourth-order valence-corrected chi connectivity index (χ4v) is 3.72. The van der Waals surface area contributed by atoms with Crippen LogP contribution in [0.2, 0.25) is 0 Å². The van der Waals surface area contributed by atoms with Gasteiger partial charge in [-0.3, -0.25) is 0 Å². The van der Waals surface area contributed by atoms with Crippen molar-refractivity contribution in [3.05, 3.63) is 12.2 Å². The third-order valence-electron chi connectivity index (χ3n) is 4.82. The molecular weight excluding hydrogens is 196 g/mol. The molecule has 1 aliphatic heterocycles. The van der Waals surface area contributed by atoms with Crippen molar-refractivity contribution in [1.82, 2.24) is 9.80 Å². The Balaban J connectivity index is 1.48. The number of hydrogen-bond donors (Lipinski definition) is 0. The second-order valence-corrected chi connectivity index (χ2v) is 5.78. The van der Waals surface area contributed by atoms with Gasteiger partial charge in [0, 0.05) is 32.7 Å². The lowest BCUT2D eigenvalue weighted by Gasteiger charge is -2.36. The molecule has 0 aromatic heterocycles. The third kappa shape index (κ3) is 2.05. The standard InChI is InChI=1S/C14H24N2/c1-2-15-5-7-16(8-6-15)11-14-10-12-3-4-13(14)9-12/h3-4,12-14H,2,5-11H2,1H3/t12-,13+,14-/m0/s1. The molecule has 1 heterocycles. The van der Waals surface area contributed by atoms with Crippen molar-refractivity contribution in [3.63, 3.8) is 0 Å². The zero-order valence-electron chi connectivity index (χ0n) is 10.4. The molecule has 2 heteroatoms. The molecule has 3 atom stereocenters. The van der Waals surface area contributed by atoms with Crippen LogP contribution in [0.25, 0.3) is 0 Å². The van der Waals surface area contributed by atoms with Crippen molar-refractivity contribution >= 4 is 0 Å². The highest BCUT2D eigenvalue weighted by atomic mass is 15.3. The number of likely N-dealkylation sites (N-methyl/N-ethyl adjacent to an activating group) is 1. The predicted molar refractivity (Wildman–Crippen MR) is 67.4 cm³/mol. The number of nitrogens with zero attached hydrogens (tertiary/aromatic N) is 2. The minimum Gasteiger partial charge on any atom is -0.301 e. The van der Waals surface area contributed by atoms with Gasteiger partial charge in [-0.15, -0.1) is 0 Å². The lowest BCUT2D eigenvalue weighted by atomic mass is 9.93. The van der Waals surface area contributed by atoms with Crippen LogP contribution in [0.1, 0.15) is 19.8 Å². The lowest BCUT2D eigenvalue weighted by molar-refractivity contribution is 0.117. The van der Waals surface area contributed by atoms with Gasteiger partial charge in [-0.25, -0.2) is 0 Å². The van der Waals surface area contributed by atoms with Crippen molar-refractivity contribution in [2.45, 2.75) is 19.8 Å². The molecule has 3 aliphatic rings. The molecule has 0 N–H and O–H groups in total. The predicted octanol–water partition coefficient (Wildman–Crippen LogP) is 1.84. The van der Waals surface area contributed by atoms with Crippen LogP contribution in [-0.4, -0.2) is 49.1 Å². The van der Waals surface area contributed by atoms with E-state index in [0.29, 0.717) is 0 Å². The first kappa shape index (κ1) is 10.8. The van der Waals surface area contributed by atoms with Crippen LogP contribution in [0.5, 0.6) is 0 Å². The Hall–Kier alpha value is -0.340. The molecule has 0 radical (unpaired) electrons. The summed E-state index contributed by atoms with van der Waals surface area (Å²) < 4.78 is 0. The molecule has 0 amide bonds. The molecule has 3 rings (SSSR count). The fourth-order valence-electron chi connectivity index (χ4n) is 3.72. The van der Waals surface area contributed by atoms with Crippen LogP contribution in [0.4, 0.5) is 0 Å². The molecule has 1 saturated heterocycles. The maximum Gasteiger partial charge on any atom is 0.0110 e. The summed E-state index contributed by atoms with van der Waals surface area (Å²) in [7, 11) is 0. The average Bonchev–Trinajstić information content (AvgIpc) is 2.92. The number of piperazine rings is 1. The Bertz CT molecular complexity index is 266. The zero-order chi connectivity index (χ0) is 11.0. The highest BCUT2D eigenvalue weighted by molar-refractivity contribution is 5.10. The van der Waals surface area contributed by atoms with Crippen LogP contribution in [0, 0.1) is 17.8 Å². The maximum atomic E-state index is 2.70. The Morgan fingerprint density at radius 3 is 2.31 bits per heavy atom. The third-order valence-corrected chi connectivity index (χ3v) is 4.82. The Morgan fingerprint density at radius 2 is 1.75 bits per heavy atom. The van der Waals surface area contributed by atoms with Gasteiger partial charge in [0.25, 0.3) is 0 Å². The van der Waals surface area contributed by atoms with Crippen molar-refractivity contribution in [3.8, 4) is 0 Å². The normalized spacial score (nSPS) is 39.7. The monoisotopic (exact) mass is 220 g/mol. The lowest BCUT2D eigenvalue weighted by Crippen LogP contribution is -2.47. The second kappa shape index (κ2) is 4.50. The number of rotatable bonds is 3.